The molecule has 0 radical (unpaired) electrons. The van der Waals surface area contributed by atoms with Crippen molar-refractivity contribution in [3.8, 4) is 11.4 Å². The zero-order chi connectivity index (χ0) is 22.6. The first kappa shape index (κ1) is 20.0. The van der Waals surface area contributed by atoms with Gasteiger partial charge in [0.2, 0.25) is 11.7 Å². The molecule has 1 fully saturated rings. The first-order valence-electron chi connectivity index (χ1n) is 10.4. The van der Waals surface area contributed by atoms with Crippen LogP contribution in [0.25, 0.3) is 11.4 Å². The van der Waals surface area contributed by atoms with Crippen LogP contribution in [0.4, 0.5) is 5.69 Å². The van der Waals surface area contributed by atoms with Crippen LogP contribution in [0, 0.1) is 27.7 Å². The topological polar surface area (TPSA) is 104 Å². The highest BCUT2D eigenvalue weighted by Crippen LogP contribution is 2.33. The van der Waals surface area contributed by atoms with Crippen LogP contribution in [-0.2, 0) is 16.1 Å². The van der Waals surface area contributed by atoms with Crippen molar-refractivity contribution in [1.82, 2.24) is 15.1 Å². The van der Waals surface area contributed by atoms with E-state index in [1.54, 1.807) is 6.07 Å². The summed E-state index contributed by atoms with van der Waals surface area (Å²) in [5, 5.41) is 13.6. The Morgan fingerprint density at radius 3 is 2.34 bits per heavy atom. The van der Waals surface area contributed by atoms with E-state index in [9.17, 15) is 9.59 Å². The van der Waals surface area contributed by atoms with E-state index in [1.807, 2.05) is 58.0 Å². The van der Waals surface area contributed by atoms with Gasteiger partial charge in [-0.2, -0.15) is 10.1 Å². The van der Waals surface area contributed by atoms with Gasteiger partial charge < -0.3 is 4.52 Å². The number of carbonyl (C=O) groups excluding carboxylic acids is 2. The number of nitrogens with zero attached hydrogens (tertiary/aromatic N) is 6. The minimum atomic E-state index is -0.869. The highest BCUT2D eigenvalue weighted by atomic mass is 16.5. The molecule has 32 heavy (non-hydrogen) atoms. The van der Waals surface area contributed by atoms with Gasteiger partial charge in [0, 0.05) is 5.56 Å². The first-order chi connectivity index (χ1) is 15.3. The number of hydrogen-bond acceptors (Lipinski definition) is 8. The van der Waals surface area contributed by atoms with E-state index in [1.165, 1.54) is 15.5 Å². The molecule has 0 aliphatic carbocycles. The van der Waals surface area contributed by atoms with Gasteiger partial charge in [-0.1, -0.05) is 28.6 Å². The zero-order valence-corrected chi connectivity index (χ0v) is 18.2. The Kier molecular flexibility index (Phi) is 4.61. The minimum absolute atomic E-state index is 0.0856. The number of hydrogen-bond donors (Lipinski definition) is 0. The van der Waals surface area contributed by atoms with E-state index in [2.05, 4.69) is 20.5 Å². The molecule has 0 spiro atoms. The van der Waals surface area contributed by atoms with E-state index in [4.69, 9.17) is 4.52 Å². The molecule has 2 amide bonds. The molecule has 1 saturated heterocycles. The third kappa shape index (κ3) is 3.17. The number of fused-ring (bicyclic) bond motifs is 1. The van der Waals surface area contributed by atoms with Gasteiger partial charge in [-0.25, -0.2) is 4.90 Å². The lowest BCUT2D eigenvalue weighted by molar-refractivity contribution is -0.123. The van der Waals surface area contributed by atoms with E-state index >= 15 is 0 Å². The molecule has 2 aliphatic rings. The van der Waals surface area contributed by atoms with Gasteiger partial charge in [-0.15, -0.1) is 0 Å². The van der Waals surface area contributed by atoms with Gasteiger partial charge in [-0.05, 0) is 68.1 Å². The molecular weight excluding hydrogens is 408 g/mol. The fraction of sp³-hybridized carbons (Fsp3) is 0.304. The summed E-state index contributed by atoms with van der Waals surface area (Å²) in [5.74, 6) is 0.0158. The number of rotatable bonds is 4. The lowest BCUT2D eigenvalue weighted by Gasteiger charge is -2.19. The van der Waals surface area contributed by atoms with Gasteiger partial charge in [0.15, 0.2) is 12.1 Å². The molecule has 2 aromatic carbocycles. The number of amides is 2. The summed E-state index contributed by atoms with van der Waals surface area (Å²) < 4.78 is 5.39. The number of carbonyl (C=O) groups is 2. The maximum Gasteiger partial charge on any atom is 0.263 e. The maximum atomic E-state index is 13.2. The van der Waals surface area contributed by atoms with Gasteiger partial charge >= 0.3 is 0 Å². The highest BCUT2D eigenvalue weighted by molar-refractivity contribution is 6.25. The summed E-state index contributed by atoms with van der Waals surface area (Å²) in [6.07, 6.45) is 0. The number of imide groups is 1. The van der Waals surface area contributed by atoms with Crippen molar-refractivity contribution in [1.29, 1.82) is 0 Å². The number of benzene rings is 2. The van der Waals surface area contributed by atoms with E-state index in [0.29, 0.717) is 17.4 Å². The average molecular weight is 430 g/mol. The average Bonchev–Trinajstić information content (AvgIpc) is 3.45. The van der Waals surface area contributed by atoms with Crippen LogP contribution in [0.2, 0.25) is 0 Å². The van der Waals surface area contributed by atoms with Crippen LogP contribution in [0.1, 0.15) is 28.1 Å². The Bertz CT molecular complexity index is 1280. The van der Waals surface area contributed by atoms with Crippen LogP contribution in [0.5, 0.6) is 0 Å². The standard InChI is InChI=1S/C23H22N6O3/c1-12-5-7-16(9-14(12)3)21-24-18(32-26-21)11-28-20-19(25-27-28)22(30)29(23(20)31)17-8-6-13(2)15(4)10-17/h5-10,19-20H,11H2,1-4H3/t19-,20-/m0/s1. The molecule has 5 rings (SSSR count). The SMILES string of the molecule is Cc1ccc(-c2noc(CN3N=N[C@@H]4C(=O)N(c5ccc(C)c(C)c5)C(=O)[C@H]43)n2)cc1C. The third-order valence-corrected chi connectivity index (χ3v) is 6.14. The van der Waals surface area contributed by atoms with Crippen molar-refractivity contribution < 1.29 is 14.1 Å². The molecule has 9 heteroatoms. The summed E-state index contributed by atoms with van der Waals surface area (Å²) in [5.41, 5.74) is 5.79. The fourth-order valence-electron chi connectivity index (χ4n) is 3.93. The number of aryl methyl sites for hydroxylation is 4. The third-order valence-electron chi connectivity index (χ3n) is 6.14. The highest BCUT2D eigenvalue weighted by Gasteiger charge is 2.55. The Morgan fingerprint density at radius 2 is 1.62 bits per heavy atom. The minimum Gasteiger partial charge on any atom is -0.337 e. The van der Waals surface area contributed by atoms with Gasteiger partial charge in [0.1, 0.15) is 6.54 Å². The zero-order valence-electron chi connectivity index (χ0n) is 18.2. The summed E-state index contributed by atoms with van der Waals surface area (Å²) in [4.78, 5) is 31.7. The molecule has 0 saturated carbocycles. The molecule has 0 N–H and O–H groups in total. The molecule has 9 nitrogen and oxygen atoms in total. The molecule has 3 aromatic rings. The first-order valence-corrected chi connectivity index (χ1v) is 10.4. The normalized spacial score (nSPS) is 19.9. The number of anilines is 1. The predicted octanol–water partition coefficient (Wildman–Crippen LogP) is 3.46. The van der Waals surface area contributed by atoms with Crippen molar-refractivity contribution in [2.24, 2.45) is 10.3 Å². The van der Waals surface area contributed by atoms with Crippen molar-refractivity contribution in [2.45, 2.75) is 46.3 Å². The molecule has 0 bridgehead atoms. The van der Waals surface area contributed by atoms with Crippen molar-refractivity contribution in [3.05, 3.63) is 64.5 Å². The predicted molar refractivity (Wildman–Crippen MR) is 116 cm³/mol. The van der Waals surface area contributed by atoms with Crippen molar-refractivity contribution >= 4 is 17.5 Å². The Labute approximate surface area is 184 Å². The molecule has 0 unspecified atom stereocenters. The van der Waals surface area contributed by atoms with Crippen molar-refractivity contribution in [2.75, 3.05) is 4.90 Å². The fourth-order valence-corrected chi connectivity index (χ4v) is 3.93. The molecule has 1 aromatic heterocycles. The van der Waals surface area contributed by atoms with Crippen LogP contribution in [0.3, 0.4) is 0 Å². The van der Waals surface area contributed by atoms with E-state index < -0.39 is 12.1 Å². The van der Waals surface area contributed by atoms with E-state index in [-0.39, 0.29) is 18.4 Å². The summed E-state index contributed by atoms with van der Waals surface area (Å²) >= 11 is 0. The Morgan fingerprint density at radius 1 is 0.906 bits per heavy atom. The Hall–Kier alpha value is -3.88. The lowest BCUT2D eigenvalue weighted by Crippen LogP contribution is -2.39. The second-order valence-electron chi connectivity index (χ2n) is 8.28. The molecular formula is C23H22N6O3. The van der Waals surface area contributed by atoms with Gasteiger partial charge in [-0.3, -0.25) is 14.6 Å². The van der Waals surface area contributed by atoms with Gasteiger partial charge in [0.25, 0.3) is 11.8 Å². The van der Waals surface area contributed by atoms with Crippen LogP contribution >= 0.6 is 0 Å². The van der Waals surface area contributed by atoms with Crippen LogP contribution in [0.15, 0.2) is 51.3 Å². The molecule has 3 heterocycles. The maximum absolute atomic E-state index is 13.2. The molecule has 2 aliphatic heterocycles. The summed E-state index contributed by atoms with van der Waals surface area (Å²) in [6.45, 7) is 8.07. The second-order valence-corrected chi connectivity index (χ2v) is 8.28. The molecule has 2 atom stereocenters. The smallest absolute Gasteiger partial charge is 0.263 e. The number of aromatic nitrogens is 2. The Balaban J connectivity index is 1.37. The van der Waals surface area contributed by atoms with Gasteiger partial charge in [0.05, 0.1) is 5.69 Å². The van der Waals surface area contributed by atoms with Crippen LogP contribution < -0.4 is 4.90 Å². The van der Waals surface area contributed by atoms with Crippen molar-refractivity contribution in [3.63, 3.8) is 0 Å². The largest absolute Gasteiger partial charge is 0.337 e. The molecule has 162 valence electrons. The quantitative estimate of drug-likeness (QED) is 0.587. The van der Waals surface area contributed by atoms with E-state index in [0.717, 1.165) is 22.3 Å². The second kappa shape index (κ2) is 7.37. The monoisotopic (exact) mass is 430 g/mol. The summed E-state index contributed by atoms with van der Waals surface area (Å²) in [7, 11) is 0. The lowest BCUT2D eigenvalue weighted by atomic mass is 10.1. The summed E-state index contributed by atoms with van der Waals surface area (Å²) in [6, 6.07) is 9.75. The van der Waals surface area contributed by atoms with Crippen LogP contribution in [-0.4, -0.2) is 39.0 Å².